The molecule has 0 radical (unpaired) electrons. The van der Waals surface area contributed by atoms with Crippen LogP contribution in [0.25, 0.3) is 0 Å². The Bertz CT molecular complexity index is 176. The molecule has 0 saturated carbocycles. The predicted octanol–water partition coefficient (Wildman–Crippen LogP) is 0.779. The lowest BCUT2D eigenvalue weighted by Crippen LogP contribution is -1.84. The second-order valence-corrected chi connectivity index (χ2v) is 1.84. The minimum Gasteiger partial charge on any atom is -0.504 e. The van der Waals surface area contributed by atoms with Crippen molar-refractivity contribution in [3.05, 3.63) is 11.3 Å². The number of nitrogens with zero attached hydrogens (tertiary/aromatic N) is 2. The Balaban J connectivity index is 3.14. The summed E-state index contributed by atoms with van der Waals surface area (Å²) in [6, 6.07) is 0. The number of rotatable bonds is 0. The Morgan fingerprint density at radius 3 is 2.62 bits per heavy atom. The van der Waals surface area contributed by atoms with E-state index in [1.165, 1.54) is 10.9 Å². The fourth-order valence-corrected chi connectivity index (χ4v) is 0.617. The van der Waals surface area contributed by atoms with Crippen LogP contribution in [0.5, 0.6) is 5.75 Å². The Labute approximate surface area is 51.5 Å². The molecule has 0 atom stereocenters. The van der Waals surface area contributed by atoms with E-state index in [2.05, 4.69) is 5.10 Å². The van der Waals surface area contributed by atoms with E-state index in [-0.39, 0.29) is 10.9 Å². The highest BCUT2D eigenvalue weighted by atomic mass is 35.5. The van der Waals surface area contributed by atoms with Crippen LogP contribution in [-0.2, 0) is 7.05 Å². The maximum atomic E-state index is 8.72. The molecule has 1 heterocycles. The van der Waals surface area contributed by atoms with Crippen LogP contribution in [0.15, 0.2) is 6.20 Å². The fraction of sp³-hybridized carbons (Fsp3) is 0.250. The van der Waals surface area contributed by atoms with E-state index < -0.39 is 0 Å². The molecule has 1 N–H and O–H groups in total. The van der Waals surface area contributed by atoms with Crippen LogP contribution in [0.2, 0.25) is 5.15 Å². The van der Waals surface area contributed by atoms with Crippen LogP contribution in [-0.4, -0.2) is 14.9 Å². The summed E-state index contributed by atoms with van der Waals surface area (Å²) >= 11 is 5.35. The van der Waals surface area contributed by atoms with Crippen molar-refractivity contribution in [2.45, 2.75) is 0 Å². The summed E-state index contributed by atoms with van der Waals surface area (Å²) in [4.78, 5) is 0. The summed E-state index contributed by atoms with van der Waals surface area (Å²) < 4.78 is 1.44. The summed E-state index contributed by atoms with van der Waals surface area (Å²) in [5, 5.41) is 12.5. The third kappa shape index (κ3) is 0.767. The molecule has 4 heteroatoms. The van der Waals surface area contributed by atoms with E-state index in [0.29, 0.717) is 0 Å². The highest BCUT2D eigenvalue weighted by Crippen LogP contribution is 2.18. The average Bonchev–Trinajstić information content (AvgIpc) is 1.85. The number of hydrogen-bond donors (Lipinski definition) is 1. The van der Waals surface area contributed by atoms with Crippen LogP contribution < -0.4 is 0 Å². The minimum atomic E-state index is 0.0224. The molecule has 1 aromatic heterocycles. The quantitative estimate of drug-likeness (QED) is 0.567. The molecule has 0 bridgehead atoms. The summed E-state index contributed by atoms with van der Waals surface area (Å²) in [7, 11) is 1.69. The Kier molecular flexibility index (Phi) is 1.13. The van der Waals surface area contributed by atoms with Crippen molar-refractivity contribution in [2.75, 3.05) is 0 Å². The molecule has 0 saturated heterocycles. The van der Waals surface area contributed by atoms with Crippen molar-refractivity contribution < 1.29 is 5.11 Å². The normalized spacial score (nSPS) is 9.75. The number of halogens is 1. The van der Waals surface area contributed by atoms with Crippen LogP contribution in [0.3, 0.4) is 0 Å². The first-order valence-corrected chi connectivity index (χ1v) is 2.46. The third-order valence-corrected chi connectivity index (χ3v) is 1.04. The van der Waals surface area contributed by atoms with Crippen LogP contribution in [0, 0.1) is 0 Å². The third-order valence-electron chi connectivity index (χ3n) is 0.766. The number of hydrogen-bond acceptors (Lipinski definition) is 2. The molecular weight excluding hydrogens is 128 g/mol. The van der Waals surface area contributed by atoms with Crippen molar-refractivity contribution in [1.82, 2.24) is 9.78 Å². The molecule has 1 rings (SSSR count). The molecular formula is C4H5ClN2O. The van der Waals surface area contributed by atoms with Gasteiger partial charge in [0.15, 0.2) is 10.9 Å². The molecule has 0 unspecified atom stereocenters. The second-order valence-electron chi connectivity index (χ2n) is 1.48. The first-order valence-electron chi connectivity index (χ1n) is 2.08. The number of aromatic nitrogens is 2. The van der Waals surface area contributed by atoms with Crippen LogP contribution in [0.1, 0.15) is 0 Å². The van der Waals surface area contributed by atoms with E-state index in [4.69, 9.17) is 16.7 Å². The summed E-state index contributed by atoms with van der Waals surface area (Å²) in [6.45, 7) is 0. The van der Waals surface area contributed by atoms with Crippen LogP contribution >= 0.6 is 11.6 Å². The SMILES string of the molecule is Cn1cc(O)c(Cl)n1. The van der Waals surface area contributed by atoms with Crippen molar-refractivity contribution >= 4 is 11.6 Å². The lowest BCUT2D eigenvalue weighted by Gasteiger charge is -1.77. The van der Waals surface area contributed by atoms with Gasteiger partial charge in [-0.2, -0.15) is 5.10 Å². The maximum absolute atomic E-state index is 8.72. The Morgan fingerprint density at radius 2 is 2.50 bits per heavy atom. The van der Waals surface area contributed by atoms with Gasteiger partial charge >= 0.3 is 0 Å². The van der Waals surface area contributed by atoms with Gasteiger partial charge in [-0.3, -0.25) is 4.68 Å². The monoisotopic (exact) mass is 132 g/mol. The van der Waals surface area contributed by atoms with E-state index in [9.17, 15) is 0 Å². The van der Waals surface area contributed by atoms with E-state index in [1.807, 2.05) is 0 Å². The van der Waals surface area contributed by atoms with Crippen molar-refractivity contribution in [3.8, 4) is 5.75 Å². The molecule has 0 aliphatic carbocycles. The molecule has 8 heavy (non-hydrogen) atoms. The summed E-state index contributed by atoms with van der Waals surface area (Å²) in [5.41, 5.74) is 0. The minimum absolute atomic E-state index is 0.0224. The molecule has 3 nitrogen and oxygen atoms in total. The number of aryl methyl sites for hydroxylation is 1. The standard InChI is InChI=1S/C4H5ClN2O/c1-7-2-3(8)4(5)6-7/h2,8H,1H3. The molecule has 0 aromatic carbocycles. The molecule has 0 amide bonds. The van der Waals surface area contributed by atoms with Gasteiger partial charge in [-0.25, -0.2) is 0 Å². The van der Waals surface area contributed by atoms with Crippen molar-refractivity contribution in [2.24, 2.45) is 7.05 Å². The summed E-state index contributed by atoms with van der Waals surface area (Å²) in [5.74, 6) is 0.0224. The van der Waals surface area contributed by atoms with Gasteiger partial charge in [-0.05, 0) is 0 Å². The largest absolute Gasteiger partial charge is 0.504 e. The number of aromatic hydroxyl groups is 1. The molecule has 0 fully saturated rings. The van der Waals surface area contributed by atoms with Gasteiger partial charge in [0.1, 0.15) is 0 Å². The topological polar surface area (TPSA) is 38.0 Å². The van der Waals surface area contributed by atoms with Crippen molar-refractivity contribution in [3.63, 3.8) is 0 Å². The molecule has 44 valence electrons. The molecule has 0 aliphatic rings. The zero-order valence-electron chi connectivity index (χ0n) is 4.30. The van der Waals surface area contributed by atoms with E-state index >= 15 is 0 Å². The highest BCUT2D eigenvalue weighted by molar-refractivity contribution is 6.30. The average molecular weight is 133 g/mol. The molecule has 0 spiro atoms. The van der Waals surface area contributed by atoms with Gasteiger partial charge in [0.2, 0.25) is 0 Å². The lowest BCUT2D eigenvalue weighted by atomic mass is 10.7. The highest BCUT2D eigenvalue weighted by Gasteiger charge is 1.98. The van der Waals surface area contributed by atoms with Gasteiger partial charge in [-0.15, -0.1) is 0 Å². The van der Waals surface area contributed by atoms with Gasteiger partial charge < -0.3 is 5.11 Å². The smallest absolute Gasteiger partial charge is 0.192 e. The molecule has 0 aliphatic heterocycles. The molecule has 1 aromatic rings. The van der Waals surface area contributed by atoms with Gasteiger partial charge in [0, 0.05) is 7.05 Å². The lowest BCUT2D eigenvalue weighted by molar-refractivity contribution is 0.475. The fourth-order valence-electron chi connectivity index (χ4n) is 0.449. The summed E-state index contributed by atoms with van der Waals surface area (Å²) in [6.07, 6.45) is 1.43. The second kappa shape index (κ2) is 1.67. The maximum Gasteiger partial charge on any atom is 0.192 e. The van der Waals surface area contributed by atoms with Gasteiger partial charge in [0.25, 0.3) is 0 Å². The van der Waals surface area contributed by atoms with Crippen molar-refractivity contribution in [1.29, 1.82) is 0 Å². The predicted molar refractivity (Wildman–Crippen MR) is 29.9 cm³/mol. The first kappa shape index (κ1) is 5.44. The van der Waals surface area contributed by atoms with Gasteiger partial charge in [0.05, 0.1) is 6.20 Å². The first-order chi connectivity index (χ1) is 3.70. The Morgan fingerprint density at radius 1 is 1.88 bits per heavy atom. The zero-order valence-corrected chi connectivity index (χ0v) is 5.05. The van der Waals surface area contributed by atoms with Gasteiger partial charge in [-0.1, -0.05) is 11.6 Å². The van der Waals surface area contributed by atoms with E-state index in [0.717, 1.165) is 0 Å². The zero-order chi connectivity index (χ0) is 6.15. The van der Waals surface area contributed by atoms with Crippen LogP contribution in [0.4, 0.5) is 0 Å². The Hall–Kier alpha value is -0.700. The van der Waals surface area contributed by atoms with E-state index in [1.54, 1.807) is 7.05 Å².